The lowest BCUT2D eigenvalue weighted by molar-refractivity contribution is 1.18. The summed E-state index contributed by atoms with van der Waals surface area (Å²) in [6.45, 7) is 0. The average molecular weight is 865 g/mol. The number of aromatic nitrogens is 1. The molecule has 1 aromatic heterocycles. The maximum absolute atomic E-state index is 2.41. The normalized spacial score (nSPS) is 11.5. The largest absolute Gasteiger partial charge is 0.310 e. The van der Waals surface area contributed by atoms with Gasteiger partial charge in [-0.3, -0.25) is 0 Å². The molecule has 0 aliphatic carbocycles. The summed E-state index contributed by atoms with van der Waals surface area (Å²) >= 11 is 0. The van der Waals surface area contributed by atoms with E-state index in [9.17, 15) is 0 Å². The van der Waals surface area contributed by atoms with Crippen LogP contribution in [0.1, 0.15) is 0 Å². The van der Waals surface area contributed by atoms with Crippen molar-refractivity contribution in [2.75, 3.05) is 4.90 Å². The number of rotatable bonds is 8. The molecule has 0 N–H and O–H groups in total. The Morgan fingerprint density at radius 1 is 0.235 bits per heavy atom. The van der Waals surface area contributed by atoms with Crippen molar-refractivity contribution >= 4 is 71.2 Å². The Kier molecular flexibility index (Phi) is 9.54. The predicted molar refractivity (Wildman–Crippen MR) is 290 cm³/mol. The lowest BCUT2D eigenvalue weighted by atomic mass is 9.84. The van der Waals surface area contributed by atoms with Crippen LogP contribution in [0.4, 0.5) is 17.1 Å². The third-order valence-electron chi connectivity index (χ3n) is 13.7. The summed E-state index contributed by atoms with van der Waals surface area (Å²) in [5.41, 5.74) is 16.4. The van der Waals surface area contributed by atoms with Gasteiger partial charge < -0.3 is 9.47 Å². The van der Waals surface area contributed by atoms with E-state index < -0.39 is 0 Å². The molecule has 13 aromatic rings. The van der Waals surface area contributed by atoms with Crippen molar-refractivity contribution in [1.29, 1.82) is 0 Å². The van der Waals surface area contributed by atoms with E-state index in [1.165, 1.54) is 87.6 Å². The van der Waals surface area contributed by atoms with Gasteiger partial charge in [0, 0.05) is 33.5 Å². The number of hydrogen-bond donors (Lipinski definition) is 0. The minimum atomic E-state index is 1.08. The van der Waals surface area contributed by atoms with Crippen LogP contribution in [-0.2, 0) is 0 Å². The molecule has 0 fully saturated rings. The second-order valence-electron chi connectivity index (χ2n) is 17.7. The highest BCUT2D eigenvalue weighted by molar-refractivity contribution is 6.22. The maximum Gasteiger partial charge on any atom is 0.0561 e. The molecule has 0 aliphatic rings. The molecule has 0 unspecified atom stereocenters. The van der Waals surface area contributed by atoms with Gasteiger partial charge >= 0.3 is 0 Å². The van der Waals surface area contributed by atoms with E-state index in [2.05, 4.69) is 276 Å². The Labute approximate surface area is 395 Å². The van der Waals surface area contributed by atoms with E-state index in [1.54, 1.807) is 0 Å². The molecule has 0 aliphatic heterocycles. The Morgan fingerprint density at radius 3 is 1.37 bits per heavy atom. The highest BCUT2D eigenvalue weighted by atomic mass is 15.1. The monoisotopic (exact) mass is 864 g/mol. The molecule has 0 bridgehead atoms. The summed E-state index contributed by atoms with van der Waals surface area (Å²) in [6.07, 6.45) is 0. The van der Waals surface area contributed by atoms with Crippen LogP contribution in [0.2, 0.25) is 0 Å². The molecule has 12 aromatic carbocycles. The van der Waals surface area contributed by atoms with Crippen LogP contribution >= 0.6 is 0 Å². The number of benzene rings is 12. The van der Waals surface area contributed by atoms with Gasteiger partial charge in [-0.25, -0.2) is 0 Å². The summed E-state index contributed by atoms with van der Waals surface area (Å²) in [6, 6.07) is 97.5. The molecule has 68 heavy (non-hydrogen) atoms. The lowest BCUT2D eigenvalue weighted by Crippen LogP contribution is -2.10. The van der Waals surface area contributed by atoms with E-state index >= 15 is 0 Å². The summed E-state index contributed by atoms with van der Waals surface area (Å²) < 4.78 is 2.40. The Morgan fingerprint density at radius 2 is 0.691 bits per heavy atom. The standard InChI is InChI=1S/C66H44N2/c1-4-17-48(18-5-1)65-61-26-13-12-24-57(61)58-40-34-52(43-62(58)66(65)49-19-6-2-7-20-49)47-32-37-55(38-33-47)67(54-35-30-46(31-36-54)51-29-28-45-16-10-11-21-50(45)42-51)56-39-41-60-59-25-14-15-27-63(59)68(64(60)44-56)53-22-8-3-9-23-53/h1-44H. The van der Waals surface area contributed by atoms with Crippen LogP contribution in [0.15, 0.2) is 267 Å². The number of fused-ring (bicyclic) bond motifs is 7. The maximum atomic E-state index is 2.41. The minimum Gasteiger partial charge on any atom is -0.310 e. The fourth-order valence-electron chi connectivity index (χ4n) is 10.6. The number of anilines is 3. The molecule has 318 valence electrons. The van der Waals surface area contributed by atoms with E-state index in [-0.39, 0.29) is 0 Å². The highest BCUT2D eigenvalue weighted by Gasteiger charge is 2.20. The van der Waals surface area contributed by atoms with Crippen LogP contribution in [0, 0.1) is 0 Å². The van der Waals surface area contributed by atoms with Gasteiger partial charge in [-0.1, -0.05) is 200 Å². The first kappa shape index (κ1) is 39.4. The van der Waals surface area contributed by atoms with Crippen LogP contribution in [0.5, 0.6) is 0 Å². The Bertz CT molecular complexity index is 3980. The number of hydrogen-bond acceptors (Lipinski definition) is 1. The first-order chi connectivity index (χ1) is 33.7. The summed E-state index contributed by atoms with van der Waals surface area (Å²) in [7, 11) is 0. The second-order valence-corrected chi connectivity index (χ2v) is 17.7. The summed E-state index contributed by atoms with van der Waals surface area (Å²) in [4.78, 5) is 2.40. The van der Waals surface area contributed by atoms with Gasteiger partial charge in [0.25, 0.3) is 0 Å². The predicted octanol–water partition coefficient (Wildman–Crippen LogP) is 18.4. The first-order valence-electron chi connectivity index (χ1n) is 23.4. The van der Waals surface area contributed by atoms with E-state index in [0.29, 0.717) is 0 Å². The van der Waals surface area contributed by atoms with Crippen LogP contribution in [0.25, 0.3) is 104 Å². The van der Waals surface area contributed by atoms with Gasteiger partial charge in [-0.05, 0) is 144 Å². The molecule has 13 rings (SSSR count). The third-order valence-corrected chi connectivity index (χ3v) is 13.7. The zero-order valence-electron chi connectivity index (χ0n) is 37.3. The molecule has 0 spiro atoms. The Hall–Kier alpha value is -8.98. The van der Waals surface area contributed by atoms with Gasteiger partial charge in [-0.2, -0.15) is 0 Å². The second kappa shape index (κ2) is 16.5. The zero-order chi connectivity index (χ0) is 45.0. The molecule has 0 saturated carbocycles. The van der Waals surface area contributed by atoms with E-state index in [4.69, 9.17) is 0 Å². The van der Waals surface area contributed by atoms with Crippen molar-refractivity contribution < 1.29 is 0 Å². The van der Waals surface area contributed by atoms with Gasteiger partial charge in [0.1, 0.15) is 0 Å². The molecule has 0 saturated heterocycles. The molecule has 0 amide bonds. The average Bonchev–Trinajstić information content (AvgIpc) is 3.75. The summed E-state index contributed by atoms with van der Waals surface area (Å²) in [5.74, 6) is 0. The van der Waals surface area contributed by atoms with E-state index in [1.807, 2.05) is 0 Å². The Balaban J connectivity index is 0.966. The topological polar surface area (TPSA) is 8.17 Å². The van der Waals surface area contributed by atoms with Crippen LogP contribution in [-0.4, -0.2) is 4.57 Å². The first-order valence-corrected chi connectivity index (χ1v) is 23.4. The molecular weight excluding hydrogens is 821 g/mol. The molecular formula is C66H44N2. The number of nitrogens with zero attached hydrogens (tertiary/aromatic N) is 2. The smallest absolute Gasteiger partial charge is 0.0561 e. The lowest BCUT2D eigenvalue weighted by Gasteiger charge is -2.26. The fraction of sp³-hybridized carbons (Fsp3) is 0. The molecule has 2 heteroatoms. The van der Waals surface area contributed by atoms with Gasteiger partial charge in [0.2, 0.25) is 0 Å². The molecule has 1 heterocycles. The molecule has 0 radical (unpaired) electrons. The number of para-hydroxylation sites is 2. The van der Waals surface area contributed by atoms with Crippen molar-refractivity contribution in [3.05, 3.63) is 267 Å². The highest BCUT2D eigenvalue weighted by Crippen LogP contribution is 2.46. The van der Waals surface area contributed by atoms with Crippen molar-refractivity contribution in [1.82, 2.24) is 4.57 Å². The van der Waals surface area contributed by atoms with Crippen molar-refractivity contribution in [3.63, 3.8) is 0 Å². The quantitative estimate of drug-likeness (QED) is 0.138. The van der Waals surface area contributed by atoms with Crippen molar-refractivity contribution in [3.8, 4) is 50.2 Å². The van der Waals surface area contributed by atoms with Gasteiger partial charge in [0.05, 0.1) is 11.0 Å². The molecule has 2 nitrogen and oxygen atoms in total. The fourth-order valence-corrected chi connectivity index (χ4v) is 10.6. The minimum absolute atomic E-state index is 1.08. The molecule has 0 atom stereocenters. The van der Waals surface area contributed by atoms with Gasteiger partial charge in [0.15, 0.2) is 0 Å². The SMILES string of the molecule is c1ccc(-c2c(-c3ccccc3)c3cc(-c4ccc(N(c5ccc(-c6ccc7ccccc7c6)cc5)c5ccc6c7ccccc7n(-c7ccccc7)c6c5)cc4)ccc3c3ccccc23)cc1. The summed E-state index contributed by atoms with van der Waals surface area (Å²) in [5, 5.41) is 9.96. The zero-order valence-corrected chi connectivity index (χ0v) is 37.3. The van der Waals surface area contributed by atoms with Crippen LogP contribution in [0.3, 0.4) is 0 Å². The van der Waals surface area contributed by atoms with Gasteiger partial charge in [-0.15, -0.1) is 0 Å². The van der Waals surface area contributed by atoms with Crippen LogP contribution < -0.4 is 4.90 Å². The van der Waals surface area contributed by atoms with E-state index in [0.717, 1.165) is 33.8 Å². The third kappa shape index (κ3) is 6.73. The van der Waals surface area contributed by atoms with Crippen molar-refractivity contribution in [2.24, 2.45) is 0 Å². The van der Waals surface area contributed by atoms with Crippen molar-refractivity contribution in [2.45, 2.75) is 0 Å².